The molecule has 0 saturated carbocycles. The highest BCUT2D eigenvalue weighted by Gasteiger charge is 2.32. The van der Waals surface area contributed by atoms with Crippen molar-refractivity contribution in [3.8, 4) is 0 Å². The van der Waals surface area contributed by atoms with Crippen LogP contribution in [0.5, 0.6) is 0 Å². The van der Waals surface area contributed by atoms with Crippen molar-refractivity contribution in [1.82, 2.24) is 10.0 Å². The largest absolute Gasteiger partial charge is 0.273 e. The smallest absolute Gasteiger partial charge is 0.166 e. The van der Waals surface area contributed by atoms with Gasteiger partial charge in [-0.3, -0.25) is 9.82 Å². The zero-order valence-corrected chi connectivity index (χ0v) is 16.8. The molecule has 1 aromatic heterocycles. The maximum Gasteiger partial charge on any atom is 0.166 e. The number of benzene rings is 1. The normalized spacial score (nSPS) is 18.5. The molecule has 0 spiro atoms. The summed E-state index contributed by atoms with van der Waals surface area (Å²) in [7, 11) is 0. The lowest BCUT2D eigenvalue weighted by atomic mass is 9.86. The van der Waals surface area contributed by atoms with E-state index in [1.165, 1.54) is 5.06 Å². The standard InChI is InChI=1S/C23H19ClN2O3/c1-2-29-26-11-9-19(20(13-27)21(26)14-28)22-18-8-7-17(24)12-16(18)6-5-15-4-3-10-25-23(15)22/h3-4,7-8,10,12H,2,5-6,9,11H2,1H3. The first-order valence-electron chi connectivity index (χ1n) is 9.55. The van der Waals surface area contributed by atoms with Gasteiger partial charge in [0.25, 0.3) is 0 Å². The van der Waals surface area contributed by atoms with Gasteiger partial charge in [-0.1, -0.05) is 23.7 Å². The summed E-state index contributed by atoms with van der Waals surface area (Å²) in [4.78, 5) is 33.8. The van der Waals surface area contributed by atoms with Gasteiger partial charge in [0.15, 0.2) is 11.6 Å². The van der Waals surface area contributed by atoms with Crippen molar-refractivity contribution in [3.63, 3.8) is 0 Å². The second-order valence-electron chi connectivity index (χ2n) is 6.86. The number of rotatable bonds is 2. The van der Waals surface area contributed by atoms with Crippen LogP contribution in [0, 0.1) is 0 Å². The molecule has 0 amide bonds. The molecular formula is C23H19ClN2O3. The first-order chi connectivity index (χ1) is 14.2. The predicted molar refractivity (Wildman–Crippen MR) is 110 cm³/mol. The van der Waals surface area contributed by atoms with Crippen LogP contribution in [0.1, 0.15) is 35.7 Å². The number of hydrogen-bond donors (Lipinski definition) is 0. The summed E-state index contributed by atoms with van der Waals surface area (Å²) in [6.07, 6.45) is 3.89. The van der Waals surface area contributed by atoms with Crippen LogP contribution in [0.25, 0.3) is 5.57 Å². The fourth-order valence-electron chi connectivity index (χ4n) is 4.05. The summed E-state index contributed by atoms with van der Waals surface area (Å²) in [6.45, 7) is 2.65. The van der Waals surface area contributed by atoms with Gasteiger partial charge in [0.05, 0.1) is 24.4 Å². The van der Waals surface area contributed by atoms with E-state index in [0.29, 0.717) is 24.6 Å². The van der Waals surface area contributed by atoms with E-state index in [-0.39, 0.29) is 11.3 Å². The van der Waals surface area contributed by atoms with Crippen LogP contribution in [0.15, 0.2) is 53.4 Å². The molecule has 0 radical (unpaired) electrons. The van der Waals surface area contributed by atoms with Crippen LogP contribution in [0.3, 0.4) is 0 Å². The van der Waals surface area contributed by atoms with Crippen molar-refractivity contribution in [1.29, 1.82) is 0 Å². The van der Waals surface area contributed by atoms with Gasteiger partial charge in [0.2, 0.25) is 0 Å². The Balaban J connectivity index is 2.01. The number of nitrogens with zero attached hydrogens (tertiary/aromatic N) is 2. The molecule has 2 heterocycles. The molecule has 1 aliphatic carbocycles. The number of hydrogen-bond acceptors (Lipinski definition) is 5. The van der Waals surface area contributed by atoms with Crippen molar-refractivity contribution in [2.24, 2.45) is 0 Å². The Morgan fingerprint density at radius 2 is 1.97 bits per heavy atom. The van der Waals surface area contributed by atoms with Crippen molar-refractivity contribution >= 4 is 29.1 Å². The van der Waals surface area contributed by atoms with Gasteiger partial charge in [-0.2, -0.15) is 0 Å². The summed E-state index contributed by atoms with van der Waals surface area (Å²) in [5, 5.41) is 2.09. The molecule has 0 N–H and O–H groups in total. The number of aryl methyl sites for hydroxylation is 2. The highest BCUT2D eigenvalue weighted by atomic mass is 35.5. The first-order valence-corrected chi connectivity index (χ1v) is 9.93. The minimum absolute atomic E-state index is 0.0767. The molecular weight excluding hydrogens is 388 g/mol. The average Bonchev–Trinajstić information content (AvgIpc) is 2.90. The molecule has 2 aromatic rings. The van der Waals surface area contributed by atoms with Crippen LogP contribution in [-0.4, -0.2) is 35.1 Å². The lowest BCUT2D eigenvalue weighted by molar-refractivity contribution is -0.124. The highest BCUT2D eigenvalue weighted by molar-refractivity contribution is 6.30. The summed E-state index contributed by atoms with van der Waals surface area (Å²) >= 11 is 6.25. The molecule has 5 nitrogen and oxygen atoms in total. The summed E-state index contributed by atoms with van der Waals surface area (Å²) < 4.78 is 0. The van der Waals surface area contributed by atoms with Gasteiger partial charge in [-0.05, 0) is 66.6 Å². The molecule has 1 fully saturated rings. The molecule has 29 heavy (non-hydrogen) atoms. The van der Waals surface area contributed by atoms with Crippen molar-refractivity contribution < 1.29 is 14.4 Å². The van der Waals surface area contributed by atoms with E-state index in [1.54, 1.807) is 6.20 Å². The SMILES string of the molecule is CCON1CCC(=C2c3ccc(Cl)cc3CCc3cccnc32)C(=C=O)C1=C=O. The van der Waals surface area contributed by atoms with Crippen LogP contribution in [-0.2, 0) is 27.3 Å². The minimum Gasteiger partial charge on any atom is -0.273 e. The molecule has 6 heteroatoms. The van der Waals surface area contributed by atoms with Crippen molar-refractivity contribution in [2.75, 3.05) is 13.2 Å². The second kappa shape index (κ2) is 8.20. The van der Waals surface area contributed by atoms with E-state index in [4.69, 9.17) is 16.4 Å². The van der Waals surface area contributed by atoms with Gasteiger partial charge < -0.3 is 0 Å². The number of aromatic nitrogens is 1. The molecule has 1 aliphatic heterocycles. The second-order valence-corrected chi connectivity index (χ2v) is 7.30. The molecule has 0 bridgehead atoms. The monoisotopic (exact) mass is 406 g/mol. The minimum atomic E-state index is 0.0767. The van der Waals surface area contributed by atoms with Gasteiger partial charge >= 0.3 is 0 Å². The zero-order valence-electron chi connectivity index (χ0n) is 16.0. The zero-order chi connectivity index (χ0) is 20.4. The van der Waals surface area contributed by atoms with Crippen molar-refractivity contribution in [3.05, 3.63) is 80.8 Å². The lowest BCUT2D eigenvalue weighted by Crippen LogP contribution is -2.32. The van der Waals surface area contributed by atoms with E-state index in [0.717, 1.165) is 46.4 Å². The Morgan fingerprint density at radius 1 is 1.14 bits per heavy atom. The van der Waals surface area contributed by atoms with Gasteiger partial charge in [-0.15, -0.1) is 0 Å². The summed E-state index contributed by atoms with van der Waals surface area (Å²) in [6, 6.07) is 9.72. The van der Waals surface area contributed by atoms with E-state index in [2.05, 4.69) is 4.98 Å². The third kappa shape index (κ3) is 3.46. The average molecular weight is 407 g/mol. The van der Waals surface area contributed by atoms with Gasteiger partial charge in [-0.25, -0.2) is 14.7 Å². The number of pyridine rings is 1. The molecule has 146 valence electrons. The molecule has 0 atom stereocenters. The third-order valence-electron chi connectivity index (χ3n) is 5.27. The number of piperidine rings is 1. The lowest BCUT2D eigenvalue weighted by Gasteiger charge is -2.31. The van der Waals surface area contributed by atoms with Crippen molar-refractivity contribution in [2.45, 2.75) is 26.2 Å². The number of fused-ring (bicyclic) bond motifs is 2. The molecule has 1 aromatic carbocycles. The van der Waals surface area contributed by atoms with Crippen LogP contribution in [0.2, 0.25) is 5.02 Å². The molecule has 4 rings (SSSR count). The highest BCUT2D eigenvalue weighted by Crippen LogP contribution is 2.41. The number of carbonyl (C=O) groups excluding carboxylic acids is 2. The Morgan fingerprint density at radius 3 is 2.72 bits per heavy atom. The van der Waals surface area contributed by atoms with Crippen LogP contribution in [0.4, 0.5) is 0 Å². The quantitative estimate of drug-likeness (QED) is 0.710. The fraction of sp³-hybridized carbons (Fsp3) is 0.261. The fourth-order valence-corrected chi connectivity index (χ4v) is 4.24. The Bertz CT molecular complexity index is 1110. The number of halogens is 1. The molecule has 0 unspecified atom stereocenters. The Hall–Kier alpha value is -2.94. The summed E-state index contributed by atoms with van der Waals surface area (Å²) in [5.41, 5.74) is 5.83. The number of allylic oxidation sites excluding steroid dienone is 1. The van der Waals surface area contributed by atoms with E-state index in [1.807, 2.05) is 49.1 Å². The number of hydroxylamine groups is 2. The summed E-state index contributed by atoms with van der Waals surface area (Å²) in [5.74, 6) is 3.84. The third-order valence-corrected chi connectivity index (χ3v) is 5.50. The molecule has 1 saturated heterocycles. The topological polar surface area (TPSA) is 59.5 Å². The first kappa shape index (κ1) is 19.4. The van der Waals surface area contributed by atoms with Crippen LogP contribution < -0.4 is 0 Å². The maximum atomic E-state index is 12.0. The van der Waals surface area contributed by atoms with E-state index >= 15 is 0 Å². The van der Waals surface area contributed by atoms with E-state index in [9.17, 15) is 9.59 Å². The molecule has 2 aliphatic rings. The maximum absolute atomic E-state index is 12.0. The van der Waals surface area contributed by atoms with Crippen LogP contribution >= 0.6 is 11.6 Å². The van der Waals surface area contributed by atoms with Gasteiger partial charge in [0.1, 0.15) is 5.94 Å². The Kier molecular flexibility index (Phi) is 5.48. The van der Waals surface area contributed by atoms with E-state index < -0.39 is 0 Å². The predicted octanol–water partition coefficient (Wildman–Crippen LogP) is 3.77. The van der Waals surface area contributed by atoms with Gasteiger partial charge in [0, 0.05) is 16.8 Å². The Labute approximate surface area is 173 Å².